The lowest BCUT2D eigenvalue weighted by molar-refractivity contribution is -0.121. The second-order valence-electron chi connectivity index (χ2n) is 6.60. The molecule has 7 nitrogen and oxygen atoms in total. The molecule has 1 amide bonds. The van der Waals surface area contributed by atoms with E-state index in [0.29, 0.717) is 5.56 Å². The van der Waals surface area contributed by atoms with Gasteiger partial charge in [0.25, 0.3) is 5.91 Å². The minimum atomic E-state index is -3.93. The first kappa shape index (κ1) is 22.7. The Balaban J connectivity index is 1.77. The van der Waals surface area contributed by atoms with Crippen LogP contribution in [0.2, 0.25) is 0 Å². The van der Waals surface area contributed by atoms with Crippen molar-refractivity contribution in [2.24, 2.45) is 5.10 Å². The number of sulfonamides is 1. The summed E-state index contributed by atoms with van der Waals surface area (Å²) in [5.41, 5.74) is 3.67. The molecule has 0 aromatic heterocycles. The summed E-state index contributed by atoms with van der Waals surface area (Å²) in [6.45, 7) is -0.381. The van der Waals surface area contributed by atoms with Crippen molar-refractivity contribution in [2.45, 2.75) is 11.4 Å². The number of carbonyl (C=O) groups is 1. The van der Waals surface area contributed by atoms with Gasteiger partial charge >= 0.3 is 0 Å². The van der Waals surface area contributed by atoms with Gasteiger partial charge in [-0.15, -0.1) is 0 Å². The highest BCUT2D eigenvalue weighted by atomic mass is 79.9. The van der Waals surface area contributed by atoms with Crippen molar-refractivity contribution in [3.8, 4) is 5.75 Å². The number of rotatable bonds is 8. The molecule has 31 heavy (non-hydrogen) atoms. The summed E-state index contributed by atoms with van der Waals surface area (Å²) in [6, 6.07) is 21.6. The Bertz CT molecular complexity index is 1170. The molecule has 0 radical (unpaired) electrons. The molecular formula is C22H20BrN3O4S. The third kappa shape index (κ3) is 6.48. The van der Waals surface area contributed by atoms with E-state index in [-0.39, 0.29) is 17.2 Å². The number of carbonyl (C=O) groups excluding carboxylic acids is 1. The van der Waals surface area contributed by atoms with Crippen LogP contribution in [0.25, 0.3) is 0 Å². The van der Waals surface area contributed by atoms with Gasteiger partial charge in [-0.25, -0.2) is 13.8 Å². The second-order valence-corrected chi connectivity index (χ2v) is 9.45. The molecule has 0 bridgehead atoms. The highest BCUT2D eigenvalue weighted by Crippen LogP contribution is 2.20. The van der Waals surface area contributed by atoms with E-state index in [1.165, 1.54) is 30.5 Å². The molecule has 0 aliphatic heterocycles. The maximum Gasteiger partial charge on any atom is 0.255 e. The van der Waals surface area contributed by atoms with Crippen molar-refractivity contribution in [3.05, 3.63) is 94.5 Å². The first-order valence-corrected chi connectivity index (χ1v) is 11.5. The predicted octanol–water partition coefficient (Wildman–Crippen LogP) is 3.50. The van der Waals surface area contributed by atoms with Gasteiger partial charge in [0, 0.05) is 11.0 Å². The molecule has 0 unspecified atom stereocenters. The molecule has 3 rings (SSSR count). The van der Waals surface area contributed by atoms with Crippen LogP contribution in [0.4, 0.5) is 0 Å². The fraction of sp³-hybridized carbons (Fsp3) is 0.0909. The normalized spacial score (nSPS) is 11.7. The molecule has 9 heteroatoms. The lowest BCUT2D eigenvalue weighted by Crippen LogP contribution is -2.39. The predicted molar refractivity (Wildman–Crippen MR) is 122 cm³/mol. The first-order chi connectivity index (χ1) is 14.8. The van der Waals surface area contributed by atoms with E-state index < -0.39 is 22.5 Å². The number of nitrogens with zero attached hydrogens (tertiary/aromatic N) is 2. The quantitative estimate of drug-likeness (QED) is 0.364. The number of phenolic OH excluding ortho intramolecular Hbond substituents is 1. The molecule has 2 N–H and O–H groups in total. The number of aromatic hydroxyl groups is 1. The van der Waals surface area contributed by atoms with Gasteiger partial charge in [-0.05, 0) is 47.5 Å². The Kier molecular flexibility index (Phi) is 7.56. The Morgan fingerprint density at radius 1 is 1.03 bits per heavy atom. The van der Waals surface area contributed by atoms with Gasteiger partial charge in [0.2, 0.25) is 10.0 Å². The van der Waals surface area contributed by atoms with E-state index in [1.54, 1.807) is 48.5 Å². The van der Waals surface area contributed by atoms with Crippen LogP contribution >= 0.6 is 15.9 Å². The summed E-state index contributed by atoms with van der Waals surface area (Å²) in [6.07, 6.45) is 1.36. The number of halogens is 1. The Morgan fingerprint density at radius 3 is 2.42 bits per heavy atom. The van der Waals surface area contributed by atoms with Gasteiger partial charge in [-0.1, -0.05) is 58.4 Å². The number of hydrogen-bond donors (Lipinski definition) is 2. The van der Waals surface area contributed by atoms with Crippen LogP contribution in [0.1, 0.15) is 11.1 Å². The standard InChI is InChI=1S/C22H20BrN3O4S/c23-19-9-11-21(12-10-19)31(29,30)26(15-17-5-2-1-3-6-17)16-22(28)25-24-14-18-7-4-8-20(27)13-18/h1-14,27H,15-16H2,(H,25,28)/b24-14+. The topological polar surface area (TPSA) is 99.1 Å². The van der Waals surface area contributed by atoms with Crippen molar-refractivity contribution in [3.63, 3.8) is 0 Å². The maximum atomic E-state index is 13.2. The van der Waals surface area contributed by atoms with Crippen LogP contribution in [0, 0.1) is 0 Å². The molecular weight excluding hydrogens is 482 g/mol. The van der Waals surface area contributed by atoms with Crippen molar-refractivity contribution >= 4 is 38.1 Å². The lowest BCUT2D eigenvalue weighted by Gasteiger charge is -2.21. The van der Waals surface area contributed by atoms with Gasteiger partial charge in [0.05, 0.1) is 17.7 Å². The fourth-order valence-electron chi connectivity index (χ4n) is 2.75. The minimum absolute atomic E-state index is 0.0307. The van der Waals surface area contributed by atoms with Crippen LogP contribution < -0.4 is 5.43 Å². The summed E-state index contributed by atoms with van der Waals surface area (Å²) in [5.74, 6) is -0.516. The van der Waals surface area contributed by atoms with Crippen molar-refractivity contribution in [1.29, 1.82) is 0 Å². The molecule has 0 aliphatic carbocycles. The molecule has 0 saturated heterocycles. The monoisotopic (exact) mass is 501 g/mol. The van der Waals surface area contributed by atoms with E-state index in [1.807, 2.05) is 6.07 Å². The number of nitrogens with one attached hydrogen (secondary N) is 1. The average Bonchev–Trinajstić information content (AvgIpc) is 2.74. The smallest absolute Gasteiger partial charge is 0.255 e. The third-order valence-corrected chi connectivity index (χ3v) is 6.58. The Labute approximate surface area is 189 Å². The van der Waals surface area contributed by atoms with Crippen LogP contribution in [-0.4, -0.2) is 36.5 Å². The van der Waals surface area contributed by atoms with Crippen molar-refractivity contribution in [2.75, 3.05) is 6.54 Å². The molecule has 3 aromatic carbocycles. The van der Waals surface area contributed by atoms with Crippen molar-refractivity contribution < 1.29 is 18.3 Å². The van der Waals surface area contributed by atoms with E-state index in [0.717, 1.165) is 14.3 Å². The van der Waals surface area contributed by atoms with E-state index in [4.69, 9.17) is 0 Å². The number of phenols is 1. The average molecular weight is 502 g/mol. The zero-order valence-corrected chi connectivity index (χ0v) is 18.8. The van der Waals surface area contributed by atoms with Gasteiger partial charge in [0.15, 0.2) is 0 Å². The summed E-state index contributed by atoms with van der Waals surface area (Å²) in [5, 5.41) is 13.3. The molecule has 160 valence electrons. The van der Waals surface area contributed by atoms with Gasteiger partial charge < -0.3 is 5.11 Å². The maximum absolute atomic E-state index is 13.2. The minimum Gasteiger partial charge on any atom is -0.508 e. The van der Waals surface area contributed by atoms with E-state index >= 15 is 0 Å². The zero-order valence-electron chi connectivity index (χ0n) is 16.3. The number of hydrogen-bond acceptors (Lipinski definition) is 5. The molecule has 0 saturated carbocycles. The second kappa shape index (κ2) is 10.3. The molecule has 0 spiro atoms. The Morgan fingerprint density at radius 2 is 1.74 bits per heavy atom. The van der Waals surface area contributed by atoms with E-state index in [9.17, 15) is 18.3 Å². The molecule has 0 aliphatic rings. The van der Waals surface area contributed by atoms with Crippen LogP contribution in [-0.2, 0) is 21.4 Å². The Hall–Kier alpha value is -3.01. The van der Waals surface area contributed by atoms with E-state index in [2.05, 4.69) is 26.5 Å². The summed E-state index contributed by atoms with van der Waals surface area (Å²) >= 11 is 3.29. The van der Waals surface area contributed by atoms with Gasteiger partial charge in [0.1, 0.15) is 5.75 Å². The number of hydrazone groups is 1. The lowest BCUT2D eigenvalue weighted by atomic mass is 10.2. The van der Waals surface area contributed by atoms with Crippen LogP contribution in [0.15, 0.2) is 93.3 Å². The highest BCUT2D eigenvalue weighted by molar-refractivity contribution is 9.10. The number of benzene rings is 3. The number of amides is 1. The van der Waals surface area contributed by atoms with Crippen LogP contribution in [0.3, 0.4) is 0 Å². The fourth-order valence-corrected chi connectivity index (χ4v) is 4.40. The highest BCUT2D eigenvalue weighted by Gasteiger charge is 2.26. The third-order valence-electron chi connectivity index (χ3n) is 4.25. The summed E-state index contributed by atoms with van der Waals surface area (Å²) in [7, 11) is -3.93. The molecule has 3 aromatic rings. The molecule has 0 atom stereocenters. The summed E-state index contributed by atoms with van der Waals surface area (Å²) < 4.78 is 28.2. The SMILES string of the molecule is O=C(CN(Cc1ccccc1)S(=O)(=O)c1ccc(Br)cc1)N/N=C/c1cccc(O)c1. The molecule has 0 heterocycles. The summed E-state index contributed by atoms with van der Waals surface area (Å²) in [4.78, 5) is 12.5. The zero-order chi connectivity index (χ0) is 22.3. The largest absolute Gasteiger partial charge is 0.508 e. The first-order valence-electron chi connectivity index (χ1n) is 9.25. The van der Waals surface area contributed by atoms with Gasteiger partial charge in [-0.3, -0.25) is 4.79 Å². The molecule has 0 fully saturated rings. The van der Waals surface area contributed by atoms with Gasteiger partial charge in [-0.2, -0.15) is 9.41 Å². The van der Waals surface area contributed by atoms with Crippen LogP contribution in [0.5, 0.6) is 5.75 Å². The van der Waals surface area contributed by atoms with Crippen molar-refractivity contribution in [1.82, 2.24) is 9.73 Å².